The number of nitrogens with zero attached hydrogens (tertiary/aromatic N) is 1. The van der Waals surface area contributed by atoms with Crippen molar-refractivity contribution >= 4 is 17.7 Å². The summed E-state index contributed by atoms with van der Waals surface area (Å²) in [6.07, 6.45) is 4.79. The second-order valence-electron chi connectivity index (χ2n) is 12.5. The molecule has 2 heterocycles. The molecule has 2 saturated heterocycles. The molecule has 0 aliphatic carbocycles. The smallest absolute Gasteiger partial charge is 0.410 e. The number of nitrogens with one attached hydrogen (secondary N) is 1. The van der Waals surface area contributed by atoms with E-state index in [-0.39, 0.29) is 59.1 Å². The summed E-state index contributed by atoms with van der Waals surface area (Å²) in [6.45, 7) is 8.93. The molecule has 10 nitrogen and oxygen atoms in total. The molecule has 2 aliphatic rings. The van der Waals surface area contributed by atoms with Crippen LogP contribution in [0.15, 0.2) is 48.5 Å². The van der Waals surface area contributed by atoms with Gasteiger partial charge < -0.3 is 33.9 Å². The molecular formula is C38H62N2O8. The van der Waals surface area contributed by atoms with Crippen LogP contribution in [-0.4, -0.2) is 81.8 Å². The Hall–Kier alpha value is -3.79. The van der Waals surface area contributed by atoms with E-state index in [4.69, 9.17) is 23.7 Å². The third kappa shape index (κ3) is 15.9. The molecule has 272 valence electrons. The number of para-hydroxylation sites is 4. The molecule has 10 heteroatoms. The number of benzene rings is 2. The van der Waals surface area contributed by atoms with Crippen molar-refractivity contribution < 1.29 is 38.1 Å². The molecular weight excluding hydrogens is 612 g/mol. The molecule has 2 atom stereocenters. The number of likely N-dealkylation sites (tertiary alicyclic amines) is 1. The number of methoxy groups -OCH3 is 2. The lowest BCUT2D eigenvalue weighted by atomic mass is 9.93. The first-order valence-corrected chi connectivity index (χ1v) is 15.8. The van der Waals surface area contributed by atoms with Gasteiger partial charge in [-0.15, -0.1) is 0 Å². The first kappa shape index (κ1) is 44.2. The number of rotatable bonds is 12. The van der Waals surface area contributed by atoms with Crippen LogP contribution in [0.25, 0.3) is 0 Å². The Morgan fingerprint density at radius 2 is 1.23 bits per heavy atom. The number of hydrogen-bond donors (Lipinski definition) is 1. The van der Waals surface area contributed by atoms with Gasteiger partial charge in [0.25, 0.3) is 0 Å². The minimum atomic E-state index is -0.511. The zero-order valence-corrected chi connectivity index (χ0v) is 27.5. The van der Waals surface area contributed by atoms with Crippen molar-refractivity contribution in [2.24, 2.45) is 11.8 Å². The lowest BCUT2D eigenvalue weighted by Crippen LogP contribution is -2.43. The second kappa shape index (κ2) is 22.7. The number of ketones is 2. The summed E-state index contributed by atoms with van der Waals surface area (Å²) in [5, 5.41) is 3.32. The lowest BCUT2D eigenvalue weighted by Gasteiger charge is -2.33. The summed E-state index contributed by atoms with van der Waals surface area (Å²) in [7, 11) is 3.16. The highest BCUT2D eigenvalue weighted by Crippen LogP contribution is 2.27. The van der Waals surface area contributed by atoms with E-state index in [0.717, 1.165) is 38.8 Å². The van der Waals surface area contributed by atoms with Gasteiger partial charge in [-0.2, -0.15) is 0 Å². The Balaban J connectivity index is 0.000000901. The normalized spacial score (nSPS) is 17.0. The topological polar surface area (TPSA) is 113 Å². The lowest BCUT2D eigenvalue weighted by molar-refractivity contribution is -0.123. The fraction of sp³-hybridized carbons (Fsp3) is 0.605. The van der Waals surface area contributed by atoms with Crippen LogP contribution in [0.4, 0.5) is 4.79 Å². The zero-order valence-electron chi connectivity index (χ0n) is 27.5. The van der Waals surface area contributed by atoms with Gasteiger partial charge in [0.1, 0.15) is 18.8 Å². The average Bonchev–Trinajstić information content (AvgIpc) is 3.03. The summed E-state index contributed by atoms with van der Waals surface area (Å²) < 4.78 is 26.9. The van der Waals surface area contributed by atoms with E-state index in [1.807, 2.05) is 57.2 Å². The van der Waals surface area contributed by atoms with E-state index >= 15 is 0 Å². The van der Waals surface area contributed by atoms with Crippen LogP contribution in [-0.2, 0) is 14.3 Å². The number of hydrogen-bond acceptors (Lipinski definition) is 9. The Kier molecular flexibility index (Phi) is 20.9. The van der Waals surface area contributed by atoms with Crippen molar-refractivity contribution in [1.29, 1.82) is 0 Å². The standard InChI is InChI=1S/C20H29NO5.C15H21NO3.3CH4/c1-20(2,3)26-19(23)21-11-7-8-15(13-21)12-16(22)14-25-18-10-6-5-9-17(18)24-4;1-18-14-6-2-3-7-15(14)19-11-13(17)9-12-5-4-8-16-10-12;;;/h5-6,9-10,15H,7-8,11-14H2,1-4H3;2-3,6-7,12,16H,4-5,8-11H2,1H3;3*1H4. The Morgan fingerprint density at radius 3 is 1.69 bits per heavy atom. The van der Waals surface area contributed by atoms with Crippen LogP contribution in [0.5, 0.6) is 23.0 Å². The largest absolute Gasteiger partial charge is 0.493 e. The van der Waals surface area contributed by atoms with E-state index in [0.29, 0.717) is 54.8 Å². The summed E-state index contributed by atoms with van der Waals surface area (Å²) in [6, 6.07) is 14.6. The maximum atomic E-state index is 12.3. The van der Waals surface area contributed by atoms with E-state index in [9.17, 15) is 14.4 Å². The van der Waals surface area contributed by atoms with Gasteiger partial charge in [0, 0.05) is 25.9 Å². The molecule has 2 fully saturated rings. The molecule has 0 saturated carbocycles. The molecule has 2 aromatic rings. The first-order chi connectivity index (χ1) is 21.6. The molecule has 2 unspecified atom stereocenters. The molecule has 0 aromatic heterocycles. The Morgan fingerprint density at radius 1 is 0.750 bits per heavy atom. The molecule has 0 spiro atoms. The third-order valence-corrected chi connectivity index (χ3v) is 7.52. The molecule has 2 aliphatic heterocycles. The van der Waals surface area contributed by atoms with Crippen LogP contribution in [0, 0.1) is 11.8 Å². The van der Waals surface area contributed by atoms with Gasteiger partial charge in [0.15, 0.2) is 34.6 Å². The molecule has 0 radical (unpaired) electrons. The molecule has 2 aromatic carbocycles. The summed E-state index contributed by atoms with van der Waals surface area (Å²) in [5.74, 6) is 3.23. The van der Waals surface area contributed by atoms with Crippen LogP contribution in [0.1, 0.15) is 81.6 Å². The number of ether oxygens (including phenoxy) is 5. The van der Waals surface area contributed by atoms with Gasteiger partial charge in [-0.1, -0.05) is 46.5 Å². The quantitative estimate of drug-likeness (QED) is 0.243. The highest BCUT2D eigenvalue weighted by atomic mass is 16.6. The van der Waals surface area contributed by atoms with E-state index in [1.165, 1.54) is 0 Å². The van der Waals surface area contributed by atoms with Crippen LogP contribution < -0.4 is 24.3 Å². The van der Waals surface area contributed by atoms with Crippen LogP contribution >= 0.6 is 0 Å². The van der Waals surface area contributed by atoms with E-state index in [2.05, 4.69) is 5.32 Å². The second-order valence-corrected chi connectivity index (χ2v) is 12.5. The van der Waals surface area contributed by atoms with Crippen molar-refractivity contribution in [3.05, 3.63) is 48.5 Å². The maximum absolute atomic E-state index is 12.3. The minimum Gasteiger partial charge on any atom is -0.493 e. The predicted molar refractivity (Wildman–Crippen MR) is 193 cm³/mol. The number of Topliss-reactive ketones (excluding diaryl/α,β-unsaturated/α-hetero) is 2. The van der Waals surface area contributed by atoms with Gasteiger partial charge in [0.2, 0.25) is 0 Å². The van der Waals surface area contributed by atoms with Crippen molar-refractivity contribution in [2.45, 2.75) is 87.2 Å². The SMILES string of the molecule is C.C.C.COc1ccccc1OCC(=O)CC1CCCN(C(=O)OC(C)(C)C)C1.COc1ccccc1OCC(=O)CC1CCCNC1. The Bertz CT molecular complexity index is 1220. The summed E-state index contributed by atoms with van der Waals surface area (Å²) >= 11 is 0. The number of carbonyl (C=O) groups is 3. The van der Waals surface area contributed by atoms with Crippen LogP contribution in [0.2, 0.25) is 0 Å². The molecule has 48 heavy (non-hydrogen) atoms. The maximum Gasteiger partial charge on any atom is 0.410 e. The first-order valence-electron chi connectivity index (χ1n) is 15.8. The highest BCUT2D eigenvalue weighted by molar-refractivity contribution is 5.80. The van der Waals surface area contributed by atoms with Crippen LogP contribution in [0.3, 0.4) is 0 Å². The van der Waals surface area contributed by atoms with E-state index in [1.54, 1.807) is 31.3 Å². The van der Waals surface area contributed by atoms with Gasteiger partial charge in [-0.05, 0) is 95.6 Å². The number of piperidine rings is 2. The highest BCUT2D eigenvalue weighted by Gasteiger charge is 2.28. The number of carbonyl (C=O) groups excluding carboxylic acids is 3. The third-order valence-electron chi connectivity index (χ3n) is 7.52. The van der Waals surface area contributed by atoms with Gasteiger partial charge in [-0.25, -0.2) is 4.79 Å². The van der Waals surface area contributed by atoms with E-state index < -0.39 is 5.60 Å². The predicted octanol–water partition coefficient (Wildman–Crippen LogP) is 7.62. The van der Waals surface area contributed by atoms with Gasteiger partial charge in [0.05, 0.1) is 14.2 Å². The monoisotopic (exact) mass is 674 g/mol. The molecule has 4 rings (SSSR count). The van der Waals surface area contributed by atoms with Gasteiger partial charge in [-0.3, -0.25) is 9.59 Å². The minimum absolute atomic E-state index is 0. The Labute approximate surface area is 289 Å². The molecule has 1 N–H and O–H groups in total. The van der Waals surface area contributed by atoms with Gasteiger partial charge >= 0.3 is 6.09 Å². The molecule has 0 bridgehead atoms. The fourth-order valence-corrected chi connectivity index (χ4v) is 5.38. The number of amides is 1. The summed E-state index contributed by atoms with van der Waals surface area (Å²) in [4.78, 5) is 38.1. The van der Waals surface area contributed by atoms with Crippen molar-refractivity contribution in [2.75, 3.05) is 53.6 Å². The van der Waals surface area contributed by atoms with Crippen molar-refractivity contribution in [3.63, 3.8) is 0 Å². The average molecular weight is 675 g/mol. The zero-order chi connectivity index (χ0) is 32.7. The van der Waals surface area contributed by atoms with Crippen molar-refractivity contribution in [1.82, 2.24) is 10.2 Å². The van der Waals surface area contributed by atoms with Crippen molar-refractivity contribution in [3.8, 4) is 23.0 Å². The fourth-order valence-electron chi connectivity index (χ4n) is 5.38. The summed E-state index contributed by atoms with van der Waals surface area (Å²) in [5.41, 5.74) is -0.511. The molecule has 1 amide bonds.